The molecule has 0 unspecified atom stereocenters. The predicted octanol–water partition coefficient (Wildman–Crippen LogP) is 4.08. The van der Waals surface area contributed by atoms with Crippen LogP contribution in [0.2, 0.25) is 0 Å². The molecule has 28 heavy (non-hydrogen) atoms. The molecule has 3 aromatic rings. The SMILES string of the molecule is C=C1NC(c2ccccc2)(c2ccccc2)C(=O)N1Cc1ccc(NC)cc1. The highest BCUT2D eigenvalue weighted by molar-refractivity contribution is 5.95. The van der Waals surface area contributed by atoms with Crippen molar-refractivity contribution < 1.29 is 4.79 Å². The quantitative estimate of drug-likeness (QED) is 0.712. The van der Waals surface area contributed by atoms with Gasteiger partial charge in [-0.1, -0.05) is 79.4 Å². The molecule has 0 aliphatic carbocycles. The van der Waals surface area contributed by atoms with E-state index in [9.17, 15) is 4.79 Å². The molecule has 1 fully saturated rings. The molecule has 4 nitrogen and oxygen atoms in total. The number of hydrogen-bond acceptors (Lipinski definition) is 3. The highest BCUT2D eigenvalue weighted by Crippen LogP contribution is 2.38. The zero-order valence-corrected chi connectivity index (χ0v) is 15.9. The van der Waals surface area contributed by atoms with Crippen LogP contribution in [0.4, 0.5) is 5.69 Å². The topological polar surface area (TPSA) is 44.4 Å². The summed E-state index contributed by atoms with van der Waals surface area (Å²) in [6, 6.07) is 27.7. The van der Waals surface area contributed by atoms with E-state index in [1.54, 1.807) is 4.90 Å². The van der Waals surface area contributed by atoms with Crippen LogP contribution in [0.5, 0.6) is 0 Å². The first kappa shape index (κ1) is 17.9. The molecule has 1 heterocycles. The third-order valence-electron chi connectivity index (χ3n) is 5.22. The van der Waals surface area contributed by atoms with Gasteiger partial charge < -0.3 is 10.6 Å². The van der Waals surface area contributed by atoms with Crippen molar-refractivity contribution in [1.82, 2.24) is 10.2 Å². The minimum Gasteiger partial charge on any atom is -0.388 e. The van der Waals surface area contributed by atoms with Crippen molar-refractivity contribution >= 4 is 11.6 Å². The maximum Gasteiger partial charge on any atom is 0.263 e. The van der Waals surface area contributed by atoms with Crippen molar-refractivity contribution in [3.63, 3.8) is 0 Å². The summed E-state index contributed by atoms with van der Waals surface area (Å²) in [6.07, 6.45) is 0. The average molecular weight is 369 g/mol. The number of benzene rings is 3. The molecule has 0 radical (unpaired) electrons. The fourth-order valence-electron chi connectivity index (χ4n) is 3.72. The molecule has 1 aliphatic heterocycles. The monoisotopic (exact) mass is 369 g/mol. The van der Waals surface area contributed by atoms with Crippen LogP contribution in [0, 0.1) is 0 Å². The summed E-state index contributed by atoms with van der Waals surface area (Å²) in [5, 5.41) is 6.52. The Bertz CT molecular complexity index is 942. The van der Waals surface area contributed by atoms with Gasteiger partial charge in [0.15, 0.2) is 5.54 Å². The molecule has 0 aromatic heterocycles. The van der Waals surface area contributed by atoms with E-state index in [1.807, 2.05) is 92.0 Å². The van der Waals surface area contributed by atoms with Gasteiger partial charge in [-0.25, -0.2) is 0 Å². The Hall–Kier alpha value is -3.53. The summed E-state index contributed by atoms with van der Waals surface area (Å²) in [5.41, 5.74) is 2.93. The molecule has 1 saturated heterocycles. The van der Waals surface area contributed by atoms with E-state index >= 15 is 0 Å². The summed E-state index contributed by atoms with van der Waals surface area (Å²) in [6.45, 7) is 4.61. The van der Waals surface area contributed by atoms with E-state index in [2.05, 4.69) is 17.2 Å². The Labute approximate surface area is 165 Å². The first-order chi connectivity index (χ1) is 13.6. The molecule has 0 bridgehead atoms. The van der Waals surface area contributed by atoms with Crippen molar-refractivity contribution in [3.05, 3.63) is 114 Å². The summed E-state index contributed by atoms with van der Waals surface area (Å²) >= 11 is 0. The van der Waals surface area contributed by atoms with E-state index in [4.69, 9.17) is 0 Å². The number of hydrogen-bond donors (Lipinski definition) is 2. The van der Waals surface area contributed by atoms with Crippen LogP contribution in [0.15, 0.2) is 97.3 Å². The van der Waals surface area contributed by atoms with E-state index in [0.717, 1.165) is 22.4 Å². The minimum atomic E-state index is -0.968. The zero-order chi connectivity index (χ0) is 19.6. The Morgan fingerprint density at radius 1 is 0.893 bits per heavy atom. The second-order valence-corrected chi connectivity index (χ2v) is 6.89. The number of anilines is 1. The van der Waals surface area contributed by atoms with Crippen molar-refractivity contribution in [3.8, 4) is 0 Å². The van der Waals surface area contributed by atoms with E-state index in [1.165, 1.54) is 0 Å². The molecule has 4 rings (SSSR count). The molecule has 2 N–H and O–H groups in total. The smallest absolute Gasteiger partial charge is 0.263 e. The maximum atomic E-state index is 13.8. The van der Waals surface area contributed by atoms with Gasteiger partial charge in [-0.3, -0.25) is 9.69 Å². The molecule has 0 spiro atoms. The van der Waals surface area contributed by atoms with Crippen LogP contribution in [0.3, 0.4) is 0 Å². The maximum absolute atomic E-state index is 13.8. The van der Waals surface area contributed by atoms with Gasteiger partial charge in [-0.2, -0.15) is 0 Å². The number of amides is 1. The summed E-state index contributed by atoms with van der Waals surface area (Å²) in [4.78, 5) is 15.5. The first-order valence-corrected chi connectivity index (χ1v) is 9.32. The number of carbonyl (C=O) groups excluding carboxylic acids is 1. The molecule has 1 amide bonds. The van der Waals surface area contributed by atoms with Crippen LogP contribution in [0.25, 0.3) is 0 Å². The van der Waals surface area contributed by atoms with Gasteiger partial charge in [0.1, 0.15) is 5.82 Å². The summed E-state index contributed by atoms with van der Waals surface area (Å²) in [5.74, 6) is 0.586. The van der Waals surface area contributed by atoms with Gasteiger partial charge in [0, 0.05) is 12.7 Å². The lowest BCUT2D eigenvalue weighted by molar-refractivity contribution is -0.131. The van der Waals surface area contributed by atoms with Gasteiger partial charge >= 0.3 is 0 Å². The zero-order valence-electron chi connectivity index (χ0n) is 15.9. The number of rotatable bonds is 5. The van der Waals surface area contributed by atoms with Gasteiger partial charge in [-0.15, -0.1) is 0 Å². The van der Waals surface area contributed by atoms with E-state index < -0.39 is 5.54 Å². The van der Waals surface area contributed by atoms with Crippen LogP contribution in [-0.2, 0) is 16.9 Å². The molecule has 4 heteroatoms. The fourth-order valence-corrected chi connectivity index (χ4v) is 3.72. The first-order valence-electron chi connectivity index (χ1n) is 9.32. The predicted molar refractivity (Wildman–Crippen MR) is 112 cm³/mol. The van der Waals surface area contributed by atoms with E-state index in [0.29, 0.717) is 12.4 Å². The number of carbonyl (C=O) groups is 1. The van der Waals surface area contributed by atoms with Crippen molar-refractivity contribution in [1.29, 1.82) is 0 Å². The summed E-state index contributed by atoms with van der Waals surface area (Å²) in [7, 11) is 1.89. The van der Waals surface area contributed by atoms with Crippen molar-refractivity contribution in [2.45, 2.75) is 12.1 Å². The molecule has 0 atom stereocenters. The van der Waals surface area contributed by atoms with Crippen LogP contribution >= 0.6 is 0 Å². The van der Waals surface area contributed by atoms with Crippen molar-refractivity contribution in [2.24, 2.45) is 0 Å². The normalized spacial score (nSPS) is 15.4. The summed E-state index contributed by atoms with van der Waals surface area (Å²) < 4.78 is 0. The Balaban J connectivity index is 1.74. The van der Waals surface area contributed by atoms with Crippen molar-refractivity contribution in [2.75, 3.05) is 12.4 Å². The molecule has 0 saturated carbocycles. The molecule has 1 aliphatic rings. The largest absolute Gasteiger partial charge is 0.388 e. The van der Waals surface area contributed by atoms with Crippen LogP contribution in [0.1, 0.15) is 16.7 Å². The fraction of sp³-hybridized carbons (Fsp3) is 0.125. The second-order valence-electron chi connectivity index (χ2n) is 6.89. The minimum absolute atomic E-state index is 0.0207. The highest BCUT2D eigenvalue weighted by atomic mass is 16.2. The molecular formula is C24H23N3O. The lowest BCUT2D eigenvalue weighted by Gasteiger charge is -2.28. The van der Waals surface area contributed by atoms with Gasteiger partial charge in [0.05, 0.1) is 6.54 Å². The van der Waals surface area contributed by atoms with Gasteiger partial charge in [-0.05, 0) is 28.8 Å². The van der Waals surface area contributed by atoms with Crippen LogP contribution in [-0.4, -0.2) is 17.9 Å². The number of nitrogens with zero attached hydrogens (tertiary/aromatic N) is 1. The standard InChI is InChI=1S/C24H23N3O/c1-18-26-24(20-9-5-3-6-10-20,21-11-7-4-8-12-21)23(28)27(18)17-19-13-15-22(25-2)16-14-19/h3-16,25-26H,1,17H2,2H3. The van der Waals surface area contributed by atoms with E-state index in [-0.39, 0.29) is 5.91 Å². The van der Waals surface area contributed by atoms with Gasteiger partial charge in [0.2, 0.25) is 0 Å². The highest BCUT2D eigenvalue weighted by Gasteiger charge is 2.51. The molecule has 140 valence electrons. The third kappa shape index (κ3) is 2.93. The Morgan fingerprint density at radius 3 is 1.93 bits per heavy atom. The Morgan fingerprint density at radius 2 is 1.43 bits per heavy atom. The van der Waals surface area contributed by atoms with Crippen LogP contribution < -0.4 is 10.6 Å². The second kappa shape index (κ2) is 7.24. The molecular weight excluding hydrogens is 346 g/mol. The average Bonchev–Trinajstić information content (AvgIpc) is 3.01. The Kier molecular flexibility index (Phi) is 4.62. The molecule has 3 aromatic carbocycles. The number of nitrogens with one attached hydrogen (secondary N) is 2. The third-order valence-corrected chi connectivity index (χ3v) is 5.22. The van der Waals surface area contributed by atoms with Gasteiger partial charge in [0.25, 0.3) is 5.91 Å². The lowest BCUT2D eigenvalue weighted by Crippen LogP contribution is -2.44. The lowest BCUT2D eigenvalue weighted by atomic mass is 9.82.